The molecule has 0 saturated carbocycles. The molecule has 0 saturated heterocycles. The zero-order chi connectivity index (χ0) is 42.0. The van der Waals surface area contributed by atoms with Crippen LogP contribution in [0.2, 0.25) is 0 Å². The van der Waals surface area contributed by atoms with Gasteiger partial charge in [-0.25, -0.2) is 9.78 Å². The molecule has 1 aromatic carbocycles. The van der Waals surface area contributed by atoms with Crippen molar-refractivity contribution in [3.63, 3.8) is 0 Å². The molecule has 0 aliphatic carbocycles. The van der Waals surface area contributed by atoms with Crippen LogP contribution in [-0.4, -0.2) is 100 Å². The average Bonchev–Trinajstić information content (AvgIpc) is 3.91. The highest BCUT2D eigenvalue weighted by molar-refractivity contribution is 6.05. The maximum absolute atomic E-state index is 13.5. The van der Waals surface area contributed by atoms with Crippen molar-refractivity contribution in [2.24, 2.45) is 0 Å². The zero-order valence-corrected chi connectivity index (χ0v) is 33.4. The average molecular weight is 811 g/mol. The molecule has 0 radical (unpaired) electrons. The molecule has 59 heavy (non-hydrogen) atoms. The van der Waals surface area contributed by atoms with Gasteiger partial charge in [-0.15, -0.1) is 0 Å². The highest BCUT2D eigenvalue weighted by atomic mass is 16.6. The normalized spacial score (nSPS) is 15.4. The predicted molar refractivity (Wildman–Crippen MR) is 215 cm³/mol. The van der Waals surface area contributed by atoms with Crippen LogP contribution in [0.5, 0.6) is 5.75 Å². The Balaban J connectivity index is 1.01. The van der Waals surface area contributed by atoms with Crippen molar-refractivity contribution in [1.29, 1.82) is 0 Å². The number of carbonyl (C=O) groups excluding carboxylic acids is 4. The van der Waals surface area contributed by atoms with E-state index in [1.165, 1.54) is 24.9 Å². The topological polar surface area (TPSA) is 210 Å². The van der Waals surface area contributed by atoms with E-state index >= 15 is 0 Å². The van der Waals surface area contributed by atoms with Gasteiger partial charge in [0.05, 0.1) is 40.4 Å². The number of pyridine rings is 2. The second-order valence-corrected chi connectivity index (χ2v) is 14.7. The number of aliphatic hydroxyl groups is 1. The van der Waals surface area contributed by atoms with Gasteiger partial charge < -0.3 is 58.6 Å². The van der Waals surface area contributed by atoms with Gasteiger partial charge in [-0.1, -0.05) is 6.92 Å². The van der Waals surface area contributed by atoms with Gasteiger partial charge >= 0.3 is 5.97 Å². The first-order valence-electron chi connectivity index (χ1n) is 19.0. The number of esters is 1. The molecule has 0 spiro atoms. The molecule has 4 N–H and O–H groups in total. The summed E-state index contributed by atoms with van der Waals surface area (Å²) in [5, 5.41) is 20.3. The molecule has 310 valence electrons. The van der Waals surface area contributed by atoms with E-state index in [0.717, 1.165) is 18.5 Å². The lowest BCUT2D eigenvalue weighted by Gasteiger charge is -2.31. The molecule has 2 aliphatic heterocycles. The number of nitrogens with one attached hydrogen (secondary N) is 3. The zero-order valence-electron chi connectivity index (χ0n) is 33.4. The van der Waals surface area contributed by atoms with E-state index in [4.69, 9.17) is 23.9 Å². The van der Waals surface area contributed by atoms with Gasteiger partial charge in [-0.2, -0.15) is 0 Å². The number of carbonyl (C=O) groups is 4. The molecule has 3 amide bonds. The minimum absolute atomic E-state index is 0.0202. The van der Waals surface area contributed by atoms with Crippen LogP contribution in [0.4, 0.5) is 11.4 Å². The third kappa shape index (κ3) is 8.20. The molecule has 1 unspecified atom stereocenters. The molecule has 7 rings (SSSR count). The second kappa shape index (κ2) is 16.9. The summed E-state index contributed by atoms with van der Waals surface area (Å²) in [5.41, 5.74) is 1.90. The van der Waals surface area contributed by atoms with Crippen molar-refractivity contribution in [2.45, 2.75) is 52.0 Å². The standard InChI is InChI=1S/C41H46N8O10/c1-6-41(55)30-16-32-36-25(17-49(32)39(53)29(30)20-59-40(41)54)12-24-13-28(8-9-31(24)45-36)58-21-35(50)43-26-14-34(48(18-26)23-57-5)38(52)44-27-15-33(47(19-27)22-56-4)37(51)42-10-7-11-46(2)3/h8-9,12-16,18-19,55H,6-7,10-11,17,20-23H2,1-5H3,(H,42,51)(H,43,50)(H,44,52). The lowest BCUT2D eigenvalue weighted by molar-refractivity contribution is -0.172. The Morgan fingerprint density at radius 1 is 0.949 bits per heavy atom. The number of cyclic esters (lactones) is 1. The number of nitrogens with zero attached hydrogens (tertiary/aromatic N) is 5. The molecular weight excluding hydrogens is 764 g/mol. The Morgan fingerprint density at radius 3 is 2.32 bits per heavy atom. The summed E-state index contributed by atoms with van der Waals surface area (Å²) >= 11 is 0. The van der Waals surface area contributed by atoms with Crippen LogP contribution in [0.1, 0.15) is 57.4 Å². The molecular formula is C41H46N8O10. The van der Waals surface area contributed by atoms with E-state index in [0.29, 0.717) is 51.7 Å². The van der Waals surface area contributed by atoms with E-state index in [-0.39, 0.29) is 67.9 Å². The van der Waals surface area contributed by atoms with Gasteiger partial charge in [0.25, 0.3) is 23.3 Å². The van der Waals surface area contributed by atoms with Gasteiger partial charge in [0.2, 0.25) is 0 Å². The third-order valence-corrected chi connectivity index (χ3v) is 10.3. The predicted octanol–water partition coefficient (Wildman–Crippen LogP) is 2.84. The number of anilines is 2. The number of amides is 3. The van der Waals surface area contributed by atoms with Crippen LogP contribution in [0.15, 0.2) is 59.7 Å². The number of rotatable bonds is 16. The van der Waals surface area contributed by atoms with E-state index in [2.05, 4.69) is 16.0 Å². The Bertz CT molecular complexity index is 2520. The molecule has 5 aromatic rings. The van der Waals surface area contributed by atoms with Crippen molar-refractivity contribution in [3.05, 3.63) is 93.3 Å². The second-order valence-electron chi connectivity index (χ2n) is 14.7. The van der Waals surface area contributed by atoms with Crippen molar-refractivity contribution in [1.82, 2.24) is 28.9 Å². The lowest BCUT2D eigenvalue weighted by Crippen LogP contribution is -2.44. The van der Waals surface area contributed by atoms with Crippen LogP contribution in [-0.2, 0) is 56.0 Å². The minimum Gasteiger partial charge on any atom is -0.484 e. The maximum atomic E-state index is 13.5. The molecule has 0 fully saturated rings. The number of methoxy groups -OCH3 is 2. The van der Waals surface area contributed by atoms with Crippen LogP contribution in [0.3, 0.4) is 0 Å². The van der Waals surface area contributed by atoms with Crippen molar-refractivity contribution >= 4 is 46.0 Å². The van der Waals surface area contributed by atoms with Gasteiger partial charge in [-0.3, -0.25) is 19.2 Å². The minimum atomic E-state index is -1.92. The third-order valence-electron chi connectivity index (χ3n) is 10.3. The number of aromatic nitrogens is 4. The summed E-state index contributed by atoms with van der Waals surface area (Å²) in [6.07, 6.45) is 3.99. The highest BCUT2D eigenvalue weighted by Crippen LogP contribution is 2.39. The number of benzene rings is 1. The molecule has 18 nitrogen and oxygen atoms in total. The summed E-state index contributed by atoms with van der Waals surface area (Å²) in [6, 6.07) is 11.8. The largest absolute Gasteiger partial charge is 0.484 e. The first-order chi connectivity index (χ1) is 28.3. The molecule has 18 heteroatoms. The van der Waals surface area contributed by atoms with Gasteiger partial charge in [0.1, 0.15) is 37.2 Å². The number of fused-ring (bicyclic) bond motifs is 5. The Hall–Kier alpha value is -6.34. The number of ether oxygens (including phenoxy) is 4. The molecule has 6 heterocycles. The van der Waals surface area contributed by atoms with E-state index < -0.39 is 23.4 Å². The van der Waals surface area contributed by atoms with E-state index in [1.807, 2.05) is 25.1 Å². The van der Waals surface area contributed by atoms with Crippen LogP contribution in [0, 0.1) is 0 Å². The molecule has 0 bridgehead atoms. The molecule has 1 atom stereocenters. The summed E-state index contributed by atoms with van der Waals surface area (Å²) in [4.78, 5) is 72.3. The number of hydrogen-bond acceptors (Lipinski definition) is 12. The van der Waals surface area contributed by atoms with E-state index in [9.17, 15) is 29.1 Å². The summed E-state index contributed by atoms with van der Waals surface area (Å²) < 4.78 is 26.2. The molecule has 2 aliphatic rings. The van der Waals surface area contributed by atoms with Gasteiger partial charge in [0, 0.05) is 49.7 Å². The highest BCUT2D eigenvalue weighted by Gasteiger charge is 2.45. The van der Waals surface area contributed by atoms with Crippen LogP contribution in [0.25, 0.3) is 22.3 Å². The Labute approximate surface area is 338 Å². The fraction of sp³-hybridized carbons (Fsp3) is 0.366. The first kappa shape index (κ1) is 40.8. The fourth-order valence-electron chi connectivity index (χ4n) is 7.31. The first-order valence-corrected chi connectivity index (χ1v) is 19.0. The van der Waals surface area contributed by atoms with E-state index in [1.54, 1.807) is 58.8 Å². The van der Waals surface area contributed by atoms with Crippen LogP contribution < -0.4 is 26.2 Å². The SMILES string of the molecule is CCC1(O)C(=O)OCc2c1cc1n(c2=O)Cc2cc3cc(OCC(=O)Nc4cc(C(=O)Nc5cc(C(=O)NCCCN(C)C)n(COC)c5)n(COC)c4)ccc3nc2-1. The van der Waals surface area contributed by atoms with Crippen molar-refractivity contribution < 1.29 is 43.2 Å². The quantitative estimate of drug-likeness (QED) is 0.0822. The van der Waals surface area contributed by atoms with Crippen molar-refractivity contribution in [3.8, 4) is 17.1 Å². The smallest absolute Gasteiger partial charge is 0.343 e. The molecule has 4 aromatic heterocycles. The van der Waals surface area contributed by atoms with Gasteiger partial charge in [-0.05, 0) is 75.9 Å². The van der Waals surface area contributed by atoms with Crippen LogP contribution >= 0.6 is 0 Å². The van der Waals surface area contributed by atoms with Crippen molar-refractivity contribution in [2.75, 3.05) is 58.6 Å². The summed E-state index contributed by atoms with van der Waals surface area (Å²) in [6.45, 7) is 2.76. The van der Waals surface area contributed by atoms with Gasteiger partial charge in [0.15, 0.2) is 12.2 Å². The Kier molecular flexibility index (Phi) is 11.7. The fourth-order valence-corrected chi connectivity index (χ4v) is 7.31. The summed E-state index contributed by atoms with van der Waals surface area (Å²) in [7, 11) is 6.91. The monoisotopic (exact) mass is 810 g/mol. The Morgan fingerprint density at radius 2 is 1.64 bits per heavy atom. The summed E-state index contributed by atoms with van der Waals surface area (Å²) in [5.74, 6) is -1.66. The maximum Gasteiger partial charge on any atom is 0.343 e. The number of hydrogen-bond donors (Lipinski definition) is 4. The lowest BCUT2D eigenvalue weighted by atomic mass is 9.86.